The lowest BCUT2D eigenvalue weighted by Crippen LogP contribution is -1.87. The Morgan fingerprint density at radius 2 is 1.14 bits per heavy atom. The maximum atomic E-state index is 6.51. The third-order valence-electron chi connectivity index (χ3n) is 8.84. The first-order valence-electron chi connectivity index (χ1n) is 14.2. The quantitative estimate of drug-likeness (QED) is 0.221. The second-order valence-corrected chi connectivity index (χ2v) is 11.1. The van der Waals surface area contributed by atoms with Gasteiger partial charge in [0.25, 0.3) is 0 Å². The van der Waals surface area contributed by atoms with Crippen LogP contribution in [-0.4, -0.2) is 4.98 Å². The van der Waals surface area contributed by atoms with Crippen LogP contribution in [0.3, 0.4) is 0 Å². The SMILES string of the molecule is c1ccc(-c2nc3cc(-c4ccc5c6c(c7c(cc46)oc4ccccc47)-c4ccccc4-5)c4ccccc4c3o2)cc1. The van der Waals surface area contributed by atoms with Crippen molar-refractivity contribution < 1.29 is 8.83 Å². The van der Waals surface area contributed by atoms with Crippen LogP contribution < -0.4 is 0 Å². The molecule has 0 amide bonds. The highest BCUT2D eigenvalue weighted by Gasteiger charge is 2.28. The van der Waals surface area contributed by atoms with Crippen LogP contribution in [0.2, 0.25) is 0 Å². The lowest BCUT2D eigenvalue weighted by molar-refractivity contribution is 0.623. The topological polar surface area (TPSA) is 39.2 Å². The molecule has 0 spiro atoms. The van der Waals surface area contributed by atoms with E-state index in [1.54, 1.807) is 0 Å². The molecule has 1 aliphatic rings. The molecule has 3 heteroatoms. The molecule has 9 aromatic rings. The average molecular weight is 536 g/mol. The Hall–Kier alpha value is -5.67. The van der Waals surface area contributed by atoms with E-state index < -0.39 is 0 Å². The van der Waals surface area contributed by atoms with Crippen molar-refractivity contribution in [2.24, 2.45) is 0 Å². The maximum Gasteiger partial charge on any atom is 0.227 e. The first kappa shape index (κ1) is 22.1. The van der Waals surface area contributed by atoms with Crippen LogP contribution in [0.1, 0.15) is 0 Å². The predicted octanol–water partition coefficient (Wildman–Crippen LogP) is 11.0. The van der Waals surface area contributed by atoms with Crippen LogP contribution in [0.4, 0.5) is 0 Å². The van der Waals surface area contributed by atoms with Gasteiger partial charge in [-0.3, -0.25) is 0 Å². The highest BCUT2D eigenvalue weighted by atomic mass is 16.3. The van der Waals surface area contributed by atoms with Crippen LogP contribution in [0.25, 0.3) is 99.4 Å². The number of nitrogens with zero attached hydrogens (tertiary/aromatic N) is 1. The zero-order valence-corrected chi connectivity index (χ0v) is 22.4. The van der Waals surface area contributed by atoms with E-state index in [1.807, 2.05) is 36.4 Å². The molecule has 2 aromatic heterocycles. The monoisotopic (exact) mass is 535 g/mol. The molecule has 0 atom stereocenters. The van der Waals surface area contributed by atoms with E-state index in [0.29, 0.717) is 5.89 Å². The number of oxazole rings is 1. The number of hydrogen-bond acceptors (Lipinski definition) is 3. The van der Waals surface area contributed by atoms with Gasteiger partial charge in [-0.15, -0.1) is 0 Å². The van der Waals surface area contributed by atoms with Gasteiger partial charge in [0.05, 0.1) is 0 Å². The molecule has 0 fully saturated rings. The lowest BCUT2D eigenvalue weighted by atomic mass is 9.90. The van der Waals surface area contributed by atoms with Gasteiger partial charge in [-0.05, 0) is 74.3 Å². The van der Waals surface area contributed by atoms with Crippen LogP contribution in [0.15, 0.2) is 136 Å². The molecule has 0 N–H and O–H groups in total. The van der Waals surface area contributed by atoms with Gasteiger partial charge in [0.15, 0.2) is 5.58 Å². The smallest absolute Gasteiger partial charge is 0.227 e. The summed E-state index contributed by atoms with van der Waals surface area (Å²) < 4.78 is 12.9. The average Bonchev–Trinajstić information content (AvgIpc) is 3.74. The van der Waals surface area contributed by atoms with E-state index in [2.05, 4.69) is 91.0 Å². The summed E-state index contributed by atoms with van der Waals surface area (Å²) in [7, 11) is 0. The fourth-order valence-corrected chi connectivity index (χ4v) is 7.06. The summed E-state index contributed by atoms with van der Waals surface area (Å²) in [4.78, 5) is 4.97. The molecule has 194 valence electrons. The zero-order chi connectivity index (χ0) is 27.4. The molecular formula is C39H21NO2. The third-order valence-corrected chi connectivity index (χ3v) is 8.84. The minimum atomic E-state index is 0.632. The van der Waals surface area contributed by atoms with Crippen molar-refractivity contribution >= 4 is 54.6 Å². The third kappa shape index (κ3) is 2.82. The van der Waals surface area contributed by atoms with Crippen molar-refractivity contribution in [1.29, 1.82) is 0 Å². The Bertz CT molecular complexity index is 2570. The standard InChI is InChI=1S/C39H21NO2/c1-2-10-22(11-3-1)39-40-32-20-30(24-13-5-7-15-28(24)38(32)42-39)25-18-19-27-23-12-4-6-14-26(23)37-35(27)31(25)21-34-36(37)29-16-8-9-17-33(29)41-34/h1-21H. The van der Waals surface area contributed by atoms with E-state index in [-0.39, 0.29) is 0 Å². The second-order valence-electron chi connectivity index (χ2n) is 11.1. The molecule has 0 unspecified atom stereocenters. The van der Waals surface area contributed by atoms with Gasteiger partial charge in [0.1, 0.15) is 16.7 Å². The van der Waals surface area contributed by atoms with Gasteiger partial charge < -0.3 is 8.83 Å². The van der Waals surface area contributed by atoms with Crippen molar-refractivity contribution in [3.05, 3.63) is 127 Å². The number of benzene rings is 7. The van der Waals surface area contributed by atoms with Crippen molar-refractivity contribution in [3.8, 4) is 44.8 Å². The summed E-state index contributed by atoms with van der Waals surface area (Å²) in [5, 5.41) is 6.99. The van der Waals surface area contributed by atoms with Crippen LogP contribution in [-0.2, 0) is 0 Å². The molecule has 2 heterocycles. The Kier molecular flexibility index (Phi) is 4.18. The van der Waals surface area contributed by atoms with Gasteiger partial charge in [-0.1, -0.05) is 97.1 Å². The number of aromatic nitrogens is 1. The molecule has 0 radical (unpaired) electrons. The van der Waals surface area contributed by atoms with Crippen LogP contribution in [0, 0.1) is 0 Å². The fraction of sp³-hybridized carbons (Fsp3) is 0. The summed E-state index contributed by atoms with van der Waals surface area (Å²) in [5.74, 6) is 0.632. The molecule has 1 aliphatic carbocycles. The summed E-state index contributed by atoms with van der Waals surface area (Å²) in [5.41, 5.74) is 11.8. The number of fused-ring (bicyclic) bond motifs is 10. The number of furan rings is 1. The number of para-hydroxylation sites is 1. The molecule has 7 aromatic carbocycles. The number of hydrogen-bond donors (Lipinski definition) is 0. The highest BCUT2D eigenvalue weighted by molar-refractivity contribution is 6.30. The molecular weight excluding hydrogens is 514 g/mol. The van der Waals surface area contributed by atoms with E-state index in [4.69, 9.17) is 13.8 Å². The summed E-state index contributed by atoms with van der Waals surface area (Å²) in [6.07, 6.45) is 0. The van der Waals surface area contributed by atoms with Gasteiger partial charge in [-0.2, -0.15) is 0 Å². The summed E-state index contributed by atoms with van der Waals surface area (Å²) >= 11 is 0. The van der Waals surface area contributed by atoms with Crippen LogP contribution in [0.5, 0.6) is 0 Å². The first-order chi connectivity index (χ1) is 20.8. The van der Waals surface area contributed by atoms with Gasteiger partial charge in [-0.25, -0.2) is 4.98 Å². The lowest BCUT2D eigenvalue weighted by Gasteiger charge is -2.13. The van der Waals surface area contributed by atoms with Crippen molar-refractivity contribution in [2.75, 3.05) is 0 Å². The van der Waals surface area contributed by atoms with Crippen molar-refractivity contribution in [1.82, 2.24) is 4.98 Å². The van der Waals surface area contributed by atoms with Crippen LogP contribution >= 0.6 is 0 Å². The maximum absolute atomic E-state index is 6.51. The minimum absolute atomic E-state index is 0.632. The Labute approximate surface area is 240 Å². The normalized spacial score (nSPS) is 12.3. The Morgan fingerprint density at radius 1 is 0.429 bits per heavy atom. The summed E-state index contributed by atoms with van der Waals surface area (Å²) in [6.45, 7) is 0. The highest BCUT2D eigenvalue weighted by Crippen LogP contribution is 2.54. The molecule has 0 saturated heterocycles. The molecule has 3 nitrogen and oxygen atoms in total. The number of rotatable bonds is 2. The second kappa shape index (κ2) is 7.96. The van der Waals surface area contributed by atoms with E-state index in [1.165, 1.54) is 38.4 Å². The van der Waals surface area contributed by atoms with E-state index >= 15 is 0 Å². The molecule has 0 aliphatic heterocycles. The first-order valence-corrected chi connectivity index (χ1v) is 14.2. The van der Waals surface area contributed by atoms with E-state index in [9.17, 15) is 0 Å². The van der Waals surface area contributed by atoms with Gasteiger partial charge in [0, 0.05) is 27.3 Å². The van der Waals surface area contributed by atoms with Gasteiger partial charge in [0.2, 0.25) is 5.89 Å². The van der Waals surface area contributed by atoms with Gasteiger partial charge >= 0.3 is 0 Å². The van der Waals surface area contributed by atoms with E-state index in [0.717, 1.165) is 55.1 Å². The Balaban J connectivity index is 1.34. The fourth-order valence-electron chi connectivity index (χ4n) is 7.06. The molecule has 10 rings (SSSR count). The minimum Gasteiger partial charge on any atom is -0.456 e. The largest absolute Gasteiger partial charge is 0.456 e. The Morgan fingerprint density at radius 3 is 2.02 bits per heavy atom. The molecule has 0 bridgehead atoms. The van der Waals surface area contributed by atoms with Crippen molar-refractivity contribution in [3.63, 3.8) is 0 Å². The molecule has 42 heavy (non-hydrogen) atoms. The molecule has 0 saturated carbocycles. The van der Waals surface area contributed by atoms with Crippen molar-refractivity contribution in [2.45, 2.75) is 0 Å². The summed E-state index contributed by atoms with van der Waals surface area (Å²) in [6, 6.07) is 44.7. The predicted molar refractivity (Wildman–Crippen MR) is 172 cm³/mol. The zero-order valence-electron chi connectivity index (χ0n) is 22.4.